The first-order chi connectivity index (χ1) is 5.22. The van der Waals surface area contributed by atoms with Crippen molar-refractivity contribution < 1.29 is 9.53 Å². The Morgan fingerprint density at radius 1 is 1.82 bits per heavy atom. The van der Waals surface area contributed by atoms with Gasteiger partial charge in [0.1, 0.15) is 12.2 Å². The summed E-state index contributed by atoms with van der Waals surface area (Å²) >= 11 is 0. The number of rotatable bonds is 2. The van der Waals surface area contributed by atoms with Crippen LogP contribution in [0.2, 0.25) is 0 Å². The van der Waals surface area contributed by atoms with Gasteiger partial charge in [0, 0.05) is 0 Å². The lowest BCUT2D eigenvalue weighted by molar-refractivity contribution is -0.139. The number of nitrogen functional groups attached to an aromatic ring is 1. The molecule has 6 heteroatoms. The van der Waals surface area contributed by atoms with Gasteiger partial charge in [-0.05, 0) is 0 Å². The standard InChI is InChI=1S/C5H8N4O2/c1-11-4(10)2-3-7-5(6)9-8-3/h2H2,1H3,(H3,6,7,8,9). The topological polar surface area (TPSA) is 93.9 Å². The zero-order valence-electron chi connectivity index (χ0n) is 6.00. The maximum atomic E-state index is 10.6. The maximum absolute atomic E-state index is 10.6. The fraction of sp³-hybridized carbons (Fsp3) is 0.400. The van der Waals surface area contributed by atoms with Gasteiger partial charge in [-0.25, -0.2) is 0 Å². The Kier molecular flexibility index (Phi) is 2.05. The summed E-state index contributed by atoms with van der Waals surface area (Å²) in [5.74, 6) is 0.166. The molecule has 1 aromatic heterocycles. The highest BCUT2D eigenvalue weighted by Gasteiger charge is 2.05. The second kappa shape index (κ2) is 3.00. The van der Waals surface area contributed by atoms with E-state index in [0.717, 1.165) is 0 Å². The Balaban J connectivity index is 2.57. The smallest absolute Gasteiger partial charge is 0.313 e. The molecule has 0 saturated heterocycles. The van der Waals surface area contributed by atoms with Crippen molar-refractivity contribution in [2.45, 2.75) is 6.42 Å². The summed E-state index contributed by atoms with van der Waals surface area (Å²) in [4.78, 5) is 14.3. The molecule has 0 aliphatic rings. The summed E-state index contributed by atoms with van der Waals surface area (Å²) in [6.07, 6.45) is 0.0701. The van der Waals surface area contributed by atoms with Gasteiger partial charge >= 0.3 is 5.97 Å². The van der Waals surface area contributed by atoms with Crippen LogP contribution >= 0.6 is 0 Å². The van der Waals surface area contributed by atoms with E-state index in [4.69, 9.17) is 5.73 Å². The van der Waals surface area contributed by atoms with Gasteiger partial charge in [-0.1, -0.05) is 0 Å². The molecule has 60 valence electrons. The van der Waals surface area contributed by atoms with Crippen LogP contribution in [-0.4, -0.2) is 28.3 Å². The minimum atomic E-state index is -0.374. The molecule has 0 aliphatic heterocycles. The lowest BCUT2D eigenvalue weighted by Crippen LogP contribution is -2.05. The van der Waals surface area contributed by atoms with Crippen LogP contribution in [0.1, 0.15) is 5.82 Å². The highest BCUT2D eigenvalue weighted by atomic mass is 16.5. The summed E-state index contributed by atoms with van der Waals surface area (Å²) < 4.78 is 4.40. The van der Waals surface area contributed by atoms with E-state index in [2.05, 4.69) is 19.9 Å². The lowest BCUT2D eigenvalue weighted by Gasteiger charge is -1.92. The molecule has 0 radical (unpaired) electrons. The number of hydrogen-bond donors (Lipinski definition) is 2. The quantitative estimate of drug-likeness (QED) is 0.541. The van der Waals surface area contributed by atoms with Crippen LogP contribution in [-0.2, 0) is 16.0 Å². The second-order valence-electron chi connectivity index (χ2n) is 1.89. The van der Waals surface area contributed by atoms with Gasteiger partial charge in [0.25, 0.3) is 0 Å². The number of hydrogen-bond acceptors (Lipinski definition) is 5. The van der Waals surface area contributed by atoms with Gasteiger partial charge < -0.3 is 10.5 Å². The van der Waals surface area contributed by atoms with E-state index in [1.807, 2.05) is 0 Å². The Morgan fingerprint density at radius 3 is 3.00 bits per heavy atom. The summed E-state index contributed by atoms with van der Waals surface area (Å²) in [5, 5.41) is 6.02. The number of esters is 1. The number of nitrogens with zero attached hydrogens (tertiary/aromatic N) is 2. The molecule has 0 saturated carbocycles. The minimum Gasteiger partial charge on any atom is -0.469 e. The van der Waals surface area contributed by atoms with E-state index in [1.54, 1.807) is 0 Å². The van der Waals surface area contributed by atoms with Crippen molar-refractivity contribution in [1.82, 2.24) is 15.2 Å². The van der Waals surface area contributed by atoms with E-state index >= 15 is 0 Å². The molecule has 1 heterocycles. The lowest BCUT2D eigenvalue weighted by atomic mass is 10.4. The molecule has 0 unspecified atom stereocenters. The fourth-order valence-electron chi connectivity index (χ4n) is 0.598. The number of aromatic nitrogens is 3. The van der Waals surface area contributed by atoms with Gasteiger partial charge in [0.2, 0.25) is 5.95 Å². The van der Waals surface area contributed by atoms with Gasteiger partial charge in [0.05, 0.1) is 7.11 Å². The van der Waals surface area contributed by atoms with Gasteiger partial charge in [-0.2, -0.15) is 4.98 Å². The van der Waals surface area contributed by atoms with Crippen molar-refractivity contribution in [3.8, 4) is 0 Å². The first-order valence-corrected chi connectivity index (χ1v) is 2.96. The summed E-state index contributed by atoms with van der Waals surface area (Å²) in [5.41, 5.74) is 5.19. The fourth-order valence-corrected chi connectivity index (χ4v) is 0.598. The van der Waals surface area contributed by atoms with Crippen molar-refractivity contribution in [3.05, 3.63) is 5.82 Å². The molecule has 0 fully saturated rings. The molecule has 3 N–H and O–H groups in total. The number of nitrogens with two attached hydrogens (primary N) is 1. The van der Waals surface area contributed by atoms with Crippen molar-refractivity contribution in [2.75, 3.05) is 12.8 Å². The molecular weight excluding hydrogens is 148 g/mol. The van der Waals surface area contributed by atoms with Crippen LogP contribution in [0.5, 0.6) is 0 Å². The van der Waals surface area contributed by atoms with Crippen LogP contribution < -0.4 is 5.73 Å². The zero-order chi connectivity index (χ0) is 8.27. The highest BCUT2D eigenvalue weighted by molar-refractivity contribution is 5.71. The average molecular weight is 156 g/mol. The van der Waals surface area contributed by atoms with Crippen molar-refractivity contribution in [2.24, 2.45) is 0 Å². The van der Waals surface area contributed by atoms with Crippen LogP contribution in [0.15, 0.2) is 0 Å². The summed E-state index contributed by atoms with van der Waals surface area (Å²) in [6.45, 7) is 0. The minimum absolute atomic E-state index is 0.0701. The monoisotopic (exact) mass is 156 g/mol. The molecule has 0 aliphatic carbocycles. The molecule has 1 rings (SSSR count). The molecule has 0 spiro atoms. The molecule has 0 bridgehead atoms. The van der Waals surface area contributed by atoms with E-state index in [-0.39, 0.29) is 18.3 Å². The van der Waals surface area contributed by atoms with Crippen molar-refractivity contribution in [3.63, 3.8) is 0 Å². The molecular formula is C5H8N4O2. The Bertz CT molecular complexity index is 257. The van der Waals surface area contributed by atoms with Gasteiger partial charge in [-0.15, -0.1) is 5.10 Å². The Hall–Kier alpha value is -1.59. The Labute approximate surface area is 62.8 Å². The third-order valence-corrected chi connectivity index (χ3v) is 1.09. The number of nitrogens with one attached hydrogen (secondary N) is 1. The molecule has 0 amide bonds. The van der Waals surface area contributed by atoms with E-state index < -0.39 is 0 Å². The predicted molar refractivity (Wildman–Crippen MR) is 36.5 cm³/mol. The highest BCUT2D eigenvalue weighted by Crippen LogP contribution is 1.94. The van der Waals surface area contributed by atoms with E-state index in [1.165, 1.54) is 7.11 Å². The summed E-state index contributed by atoms with van der Waals surface area (Å²) in [6, 6.07) is 0. The third-order valence-electron chi connectivity index (χ3n) is 1.09. The number of aromatic amines is 1. The number of carbonyl (C=O) groups is 1. The molecule has 0 aromatic carbocycles. The van der Waals surface area contributed by atoms with E-state index in [0.29, 0.717) is 5.82 Å². The predicted octanol–water partition coefficient (Wildman–Crippen LogP) is -0.898. The third kappa shape index (κ3) is 1.92. The number of ether oxygens (including phenoxy) is 1. The first kappa shape index (κ1) is 7.52. The molecule has 1 aromatic rings. The van der Waals surface area contributed by atoms with Crippen molar-refractivity contribution >= 4 is 11.9 Å². The molecule has 6 nitrogen and oxygen atoms in total. The van der Waals surface area contributed by atoms with Gasteiger partial charge in [-0.3, -0.25) is 9.89 Å². The number of carbonyl (C=O) groups excluding carboxylic acids is 1. The van der Waals surface area contributed by atoms with E-state index in [9.17, 15) is 4.79 Å². The maximum Gasteiger partial charge on any atom is 0.313 e. The number of methoxy groups -OCH3 is 1. The van der Waals surface area contributed by atoms with Crippen LogP contribution in [0.4, 0.5) is 5.95 Å². The van der Waals surface area contributed by atoms with Crippen LogP contribution in [0, 0.1) is 0 Å². The second-order valence-corrected chi connectivity index (χ2v) is 1.89. The van der Waals surface area contributed by atoms with Crippen LogP contribution in [0.3, 0.4) is 0 Å². The SMILES string of the molecule is COC(=O)Cc1nc(N)n[nH]1. The number of H-pyrrole nitrogens is 1. The van der Waals surface area contributed by atoms with Crippen LogP contribution in [0.25, 0.3) is 0 Å². The van der Waals surface area contributed by atoms with Gasteiger partial charge in [0.15, 0.2) is 0 Å². The van der Waals surface area contributed by atoms with Crippen molar-refractivity contribution in [1.29, 1.82) is 0 Å². The Morgan fingerprint density at radius 2 is 2.55 bits per heavy atom. The first-order valence-electron chi connectivity index (χ1n) is 2.96. The molecule has 0 atom stereocenters. The summed E-state index contributed by atoms with van der Waals surface area (Å²) in [7, 11) is 1.31. The number of anilines is 1. The normalized spacial score (nSPS) is 9.55. The zero-order valence-corrected chi connectivity index (χ0v) is 6.00. The largest absolute Gasteiger partial charge is 0.469 e. The molecule has 11 heavy (non-hydrogen) atoms. The average Bonchev–Trinajstić information content (AvgIpc) is 2.35.